The minimum Gasteiger partial charge on any atom is -0.463 e. The summed E-state index contributed by atoms with van der Waals surface area (Å²) in [6.07, 6.45) is 14.9. The zero-order valence-electron chi connectivity index (χ0n) is 36.1. The molecule has 1 unspecified atom stereocenters. The molecule has 5 rings (SSSR count). The first-order valence-electron chi connectivity index (χ1n) is 21.1. The molecule has 2 aliphatic rings. The number of hydrogen-bond donors (Lipinski definition) is 1. The third-order valence-electron chi connectivity index (χ3n) is 11.0. The zero-order chi connectivity index (χ0) is 42.1. The third-order valence-corrected chi connectivity index (χ3v) is 11.2. The molecule has 58 heavy (non-hydrogen) atoms. The van der Waals surface area contributed by atoms with Gasteiger partial charge < -0.3 is 20.3 Å². The maximum atomic E-state index is 15.6. The normalized spacial score (nSPS) is 17.3. The molecule has 0 bridgehead atoms. The van der Waals surface area contributed by atoms with E-state index in [1.165, 1.54) is 17.4 Å². The van der Waals surface area contributed by atoms with Gasteiger partial charge in [-0.25, -0.2) is 4.39 Å². The van der Waals surface area contributed by atoms with E-state index in [1.807, 2.05) is 39.8 Å². The molecule has 3 aromatic rings. The quantitative estimate of drug-likeness (QED) is 0.114. The summed E-state index contributed by atoms with van der Waals surface area (Å²) in [5, 5.41) is 2.21. The van der Waals surface area contributed by atoms with Crippen LogP contribution in [0, 0.1) is 11.2 Å². The smallest absolute Gasteiger partial charge is 0.318 e. The molecule has 2 heterocycles. The van der Waals surface area contributed by atoms with Crippen molar-refractivity contribution in [1.29, 1.82) is 0 Å². The monoisotopic (exact) mass is 811 g/mol. The minimum atomic E-state index is -0.276. The molecule has 0 spiro atoms. The fourth-order valence-corrected chi connectivity index (χ4v) is 8.21. The zero-order valence-corrected chi connectivity index (χ0v) is 36.9. The highest BCUT2D eigenvalue weighted by atomic mass is 35.5. The lowest BCUT2D eigenvalue weighted by molar-refractivity contribution is -0.124. The van der Waals surface area contributed by atoms with Gasteiger partial charge in [-0.3, -0.25) is 14.8 Å². The maximum Gasteiger partial charge on any atom is 0.318 e. The lowest BCUT2D eigenvalue weighted by Crippen LogP contribution is -2.33. The third kappa shape index (κ3) is 10.3. The molecule has 1 atom stereocenters. The Hall–Kier alpha value is -4.57. The van der Waals surface area contributed by atoms with Crippen LogP contribution in [0.1, 0.15) is 122 Å². The molecule has 0 saturated carbocycles. The van der Waals surface area contributed by atoms with Gasteiger partial charge in [-0.15, -0.1) is 0 Å². The van der Waals surface area contributed by atoms with Crippen molar-refractivity contribution in [2.45, 2.75) is 112 Å². The lowest BCUT2D eigenvalue weighted by atomic mass is 9.81. The molecule has 9 nitrogen and oxygen atoms in total. The summed E-state index contributed by atoms with van der Waals surface area (Å²) in [6.45, 7) is 16.9. The molecule has 0 saturated heterocycles. The molecular formula is C47H63ClFN7O2. The Kier molecular flexibility index (Phi) is 15.3. The number of carbonyl (C=O) groups excluding carboxylic acids is 1. The Morgan fingerprint density at radius 2 is 1.86 bits per heavy atom. The van der Waals surface area contributed by atoms with Crippen LogP contribution in [-0.4, -0.2) is 78.6 Å². The van der Waals surface area contributed by atoms with Crippen LogP contribution >= 0.6 is 11.6 Å². The number of anilines is 1. The molecular weight excluding hydrogens is 749 g/mol. The summed E-state index contributed by atoms with van der Waals surface area (Å²) in [4.78, 5) is 36.9. The number of aromatic nitrogens is 2. The summed E-state index contributed by atoms with van der Waals surface area (Å²) in [7, 11) is 3.36. The van der Waals surface area contributed by atoms with Gasteiger partial charge in [0.2, 0.25) is 0 Å². The summed E-state index contributed by atoms with van der Waals surface area (Å²) in [5.41, 5.74) is 12.4. The maximum absolute atomic E-state index is 15.6. The fraction of sp³-hybridized carbons (Fsp3) is 0.511. The number of ether oxygens (including phenoxy) is 1. The van der Waals surface area contributed by atoms with Crippen molar-refractivity contribution in [3.8, 4) is 6.01 Å². The van der Waals surface area contributed by atoms with E-state index >= 15 is 4.39 Å². The summed E-state index contributed by atoms with van der Waals surface area (Å²) < 4.78 is 22.3. The van der Waals surface area contributed by atoms with Gasteiger partial charge in [-0.1, -0.05) is 83.5 Å². The average molecular weight is 813 g/mol. The Morgan fingerprint density at radius 3 is 2.53 bits per heavy atom. The molecule has 1 aliphatic carbocycles. The van der Waals surface area contributed by atoms with E-state index in [1.54, 1.807) is 26.2 Å². The van der Waals surface area contributed by atoms with Gasteiger partial charge >= 0.3 is 6.01 Å². The number of amides is 1. The van der Waals surface area contributed by atoms with Crippen LogP contribution in [0.2, 0.25) is 5.02 Å². The van der Waals surface area contributed by atoms with E-state index in [0.29, 0.717) is 66.5 Å². The van der Waals surface area contributed by atoms with Crippen LogP contribution in [0.25, 0.3) is 28.0 Å². The van der Waals surface area contributed by atoms with Gasteiger partial charge in [-0.2, -0.15) is 9.97 Å². The van der Waals surface area contributed by atoms with E-state index in [4.69, 9.17) is 42.0 Å². The van der Waals surface area contributed by atoms with Gasteiger partial charge in [-0.05, 0) is 98.7 Å². The minimum absolute atomic E-state index is 0.0404. The number of unbranched alkanes of at least 4 members (excludes halogenated alkanes) is 3. The van der Waals surface area contributed by atoms with Crippen LogP contribution in [0.3, 0.4) is 0 Å². The van der Waals surface area contributed by atoms with E-state index in [-0.39, 0.29) is 28.9 Å². The van der Waals surface area contributed by atoms with Gasteiger partial charge in [0, 0.05) is 54.8 Å². The highest BCUT2D eigenvalue weighted by Gasteiger charge is 2.33. The molecule has 0 fully saturated rings. The largest absolute Gasteiger partial charge is 0.463 e. The van der Waals surface area contributed by atoms with E-state index in [9.17, 15) is 4.79 Å². The fourth-order valence-electron chi connectivity index (χ4n) is 7.98. The SMILES string of the molecule is C/C=C1\C(=NC(C)C)C(c2cc(Cl)cc3ccc(F)c(CC)c23)=Cc2nc(OCC(C)(CCCC)CCCCC)nc(N3CCCN=C(/C=C(\N)C(=O)N(C)C)C3)c21. The average Bonchev–Trinajstić information content (AvgIpc) is 3.43. The van der Waals surface area contributed by atoms with Crippen molar-refractivity contribution < 1.29 is 13.9 Å². The van der Waals surface area contributed by atoms with Gasteiger partial charge in [0.15, 0.2) is 0 Å². The number of aliphatic imine (C=N–C) groups is 2. The van der Waals surface area contributed by atoms with E-state index < -0.39 is 0 Å². The van der Waals surface area contributed by atoms with Crippen LogP contribution < -0.4 is 15.4 Å². The number of likely N-dealkylation sites (N-methyl/N-ethyl adjacent to an activating group) is 1. The standard InChI is InChI=1S/C47H63ClFN7O2/c1-10-14-16-21-47(7,20-15-11-2)29-58-46-53-40-27-37(36-25-32(48)24-31-18-19-38(49)34(12-3)41(31)36)43(52-30(5)6)35(13-4)42(40)44(54-46)56-23-17-22-51-33(28-56)26-39(50)45(57)55(8)9/h13,18-19,24-27,30H,10-12,14-17,20-23,28-29,50H2,1-9H3/b35-13-,39-26-,52-43?. The number of rotatable bonds is 16. The predicted octanol–water partition coefficient (Wildman–Crippen LogP) is 10.5. The number of benzene rings is 2. The number of fused-ring (bicyclic) bond motifs is 2. The highest BCUT2D eigenvalue weighted by Crippen LogP contribution is 2.44. The molecule has 1 amide bonds. The molecule has 2 N–H and O–H groups in total. The van der Waals surface area contributed by atoms with Crippen molar-refractivity contribution in [2.75, 3.05) is 45.2 Å². The Labute approximate surface area is 350 Å². The van der Waals surface area contributed by atoms with Crippen molar-refractivity contribution >= 4 is 62.7 Å². The first-order valence-corrected chi connectivity index (χ1v) is 21.5. The predicted molar refractivity (Wildman–Crippen MR) is 242 cm³/mol. The number of halogens is 2. The highest BCUT2D eigenvalue weighted by molar-refractivity contribution is 6.50. The summed E-state index contributed by atoms with van der Waals surface area (Å²) in [6, 6.07) is 7.34. The van der Waals surface area contributed by atoms with Crippen LogP contribution in [0.4, 0.5) is 10.2 Å². The van der Waals surface area contributed by atoms with Crippen molar-refractivity contribution in [3.05, 3.63) is 75.3 Å². The number of carbonyl (C=O) groups is 1. The molecule has 11 heteroatoms. The van der Waals surface area contributed by atoms with Crippen molar-refractivity contribution in [2.24, 2.45) is 21.1 Å². The van der Waals surface area contributed by atoms with Crippen LogP contribution in [-0.2, 0) is 11.2 Å². The van der Waals surface area contributed by atoms with E-state index in [0.717, 1.165) is 83.7 Å². The second-order valence-corrected chi connectivity index (χ2v) is 16.9. The van der Waals surface area contributed by atoms with Crippen molar-refractivity contribution in [3.63, 3.8) is 0 Å². The van der Waals surface area contributed by atoms with Crippen molar-refractivity contribution in [1.82, 2.24) is 14.9 Å². The molecule has 2 aromatic carbocycles. The summed E-state index contributed by atoms with van der Waals surface area (Å²) >= 11 is 6.85. The topological polar surface area (TPSA) is 109 Å². The summed E-state index contributed by atoms with van der Waals surface area (Å²) in [5.74, 6) is 0.162. The van der Waals surface area contributed by atoms with Gasteiger partial charge in [0.1, 0.15) is 11.6 Å². The Balaban J connectivity index is 1.77. The van der Waals surface area contributed by atoms with Crippen LogP contribution in [0.5, 0.6) is 6.01 Å². The number of hydrogen-bond acceptors (Lipinski definition) is 8. The van der Waals surface area contributed by atoms with Gasteiger partial charge in [0.05, 0.1) is 41.5 Å². The Bertz CT molecular complexity index is 2140. The van der Waals surface area contributed by atoms with Gasteiger partial charge in [0.25, 0.3) is 5.91 Å². The van der Waals surface area contributed by atoms with E-state index in [2.05, 4.69) is 37.8 Å². The second kappa shape index (κ2) is 19.9. The number of allylic oxidation sites excluding steroid dienone is 3. The molecule has 1 aliphatic heterocycles. The lowest BCUT2D eigenvalue weighted by Gasteiger charge is -2.32. The molecule has 0 radical (unpaired) electrons. The Morgan fingerprint density at radius 1 is 1.12 bits per heavy atom. The van der Waals surface area contributed by atoms with Crippen LogP contribution in [0.15, 0.2) is 52.1 Å². The second-order valence-electron chi connectivity index (χ2n) is 16.5. The number of aryl methyl sites for hydroxylation is 1. The first kappa shape index (κ1) is 44.5. The number of nitrogens with two attached hydrogens (primary N) is 1. The molecule has 1 aromatic heterocycles. The number of nitrogens with zero attached hydrogens (tertiary/aromatic N) is 6. The molecule has 312 valence electrons. The first-order chi connectivity index (χ1) is 27.7.